The van der Waals surface area contributed by atoms with E-state index in [0.717, 1.165) is 6.54 Å². The van der Waals surface area contributed by atoms with Crippen molar-refractivity contribution in [3.05, 3.63) is 30.1 Å². The molecule has 0 radical (unpaired) electrons. The number of aromatic nitrogens is 2. The molecule has 0 aromatic carbocycles. The van der Waals surface area contributed by atoms with E-state index in [1.807, 2.05) is 18.2 Å². The third-order valence-electron chi connectivity index (χ3n) is 3.77. The Morgan fingerprint density at radius 2 is 2.21 bits per heavy atom. The summed E-state index contributed by atoms with van der Waals surface area (Å²) in [4.78, 5) is 15.8. The van der Waals surface area contributed by atoms with E-state index in [2.05, 4.69) is 10.3 Å². The number of nitrogens with zero attached hydrogens (tertiary/aromatic N) is 2. The third-order valence-corrected chi connectivity index (χ3v) is 3.77. The Morgan fingerprint density at radius 3 is 2.95 bits per heavy atom. The minimum Gasteiger partial charge on any atom is -0.476 e. The third kappa shape index (κ3) is 2.28. The van der Waals surface area contributed by atoms with E-state index in [0.29, 0.717) is 17.4 Å². The van der Waals surface area contributed by atoms with Crippen LogP contribution in [-0.4, -0.2) is 27.0 Å². The van der Waals surface area contributed by atoms with Crippen LogP contribution in [-0.2, 0) is 0 Å². The average Bonchev–Trinajstić information content (AvgIpc) is 3.03. The SMILES string of the molecule is O=C(O)c1c(NCC2CCCC2)nc2ccccn12. The van der Waals surface area contributed by atoms with Crippen molar-refractivity contribution in [2.75, 3.05) is 11.9 Å². The highest BCUT2D eigenvalue weighted by atomic mass is 16.4. The van der Waals surface area contributed by atoms with Crippen molar-refractivity contribution in [1.82, 2.24) is 9.38 Å². The smallest absolute Gasteiger partial charge is 0.356 e. The molecule has 0 unspecified atom stereocenters. The molecule has 5 heteroatoms. The van der Waals surface area contributed by atoms with Gasteiger partial charge in [0.05, 0.1) is 0 Å². The van der Waals surface area contributed by atoms with E-state index in [1.54, 1.807) is 10.6 Å². The highest BCUT2D eigenvalue weighted by Gasteiger charge is 2.20. The summed E-state index contributed by atoms with van der Waals surface area (Å²) in [5.74, 6) is 0.171. The van der Waals surface area contributed by atoms with E-state index in [-0.39, 0.29) is 5.69 Å². The van der Waals surface area contributed by atoms with E-state index in [9.17, 15) is 9.90 Å². The molecule has 19 heavy (non-hydrogen) atoms. The molecule has 1 fully saturated rings. The van der Waals surface area contributed by atoms with Crippen molar-refractivity contribution in [3.8, 4) is 0 Å². The maximum absolute atomic E-state index is 11.4. The molecule has 0 aliphatic heterocycles. The first kappa shape index (κ1) is 12.0. The molecule has 0 spiro atoms. The predicted molar refractivity (Wildman–Crippen MR) is 72.6 cm³/mol. The van der Waals surface area contributed by atoms with Crippen LogP contribution in [0.1, 0.15) is 36.2 Å². The van der Waals surface area contributed by atoms with Crippen LogP contribution in [0.5, 0.6) is 0 Å². The van der Waals surface area contributed by atoms with Crippen molar-refractivity contribution < 1.29 is 9.90 Å². The number of aromatic carboxylic acids is 1. The molecule has 0 bridgehead atoms. The monoisotopic (exact) mass is 259 g/mol. The molecule has 0 saturated heterocycles. The molecule has 5 nitrogen and oxygen atoms in total. The molecule has 0 amide bonds. The van der Waals surface area contributed by atoms with E-state index < -0.39 is 5.97 Å². The van der Waals surface area contributed by atoms with E-state index in [4.69, 9.17) is 0 Å². The standard InChI is InChI=1S/C14H17N3O2/c18-14(19)12-13(15-9-10-5-1-2-6-10)16-11-7-3-4-8-17(11)12/h3-4,7-8,10,15H,1-2,5-6,9H2,(H,18,19). The van der Waals surface area contributed by atoms with Crippen LogP contribution in [0.3, 0.4) is 0 Å². The van der Waals surface area contributed by atoms with Crippen LogP contribution in [0, 0.1) is 5.92 Å². The lowest BCUT2D eigenvalue weighted by Crippen LogP contribution is -2.14. The Bertz CT molecular complexity index is 600. The lowest BCUT2D eigenvalue weighted by molar-refractivity contribution is 0.0690. The molecule has 1 saturated carbocycles. The second-order valence-electron chi connectivity index (χ2n) is 5.07. The van der Waals surface area contributed by atoms with Gasteiger partial charge in [-0.05, 0) is 30.9 Å². The quantitative estimate of drug-likeness (QED) is 0.885. The zero-order valence-corrected chi connectivity index (χ0v) is 10.7. The van der Waals surface area contributed by atoms with Crippen molar-refractivity contribution in [1.29, 1.82) is 0 Å². The summed E-state index contributed by atoms with van der Waals surface area (Å²) in [7, 11) is 0. The fourth-order valence-corrected chi connectivity index (χ4v) is 2.78. The average molecular weight is 259 g/mol. The van der Waals surface area contributed by atoms with Crippen molar-refractivity contribution >= 4 is 17.4 Å². The number of carbonyl (C=O) groups is 1. The Morgan fingerprint density at radius 1 is 1.42 bits per heavy atom. The number of carboxylic acid groups (broad SMARTS) is 1. The van der Waals surface area contributed by atoms with Crippen LogP contribution in [0.4, 0.5) is 5.82 Å². The fourth-order valence-electron chi connectivity index (χ4n) is 2.78. The molecule has 0 atom stereocenters. The largest absolute Gasteiger partial charge is 0.476 e. The summed E-state index contributed by atoms with van der Waals surface area (Å²) in [6.45, 7) is 0.810. The zero-order chi connectivity index (χ0) is 13.2. The molecular weight excluding hydrogens is 242 g/mol. The number of fused-ring (bicyclic) bond motifs is 1. The van der Waals surface area contributed by atoms with Crippen molar-refractivity contribution in [2.45, 2.75) is 25.7 Å². The minimum absolute atomic E-state index is 0.216. The number of carboxylic acids is 1. The van der Waals surface area contributed by atoms with Gasteiger partial charge in [0.15, 0.2) is 11.5 Å². The van der Waals surface area contributed by atoms with Crippen LogP contribution in [0.25, 0.3) is 5.65 Å². The van der Waals surface area contributed by atoms with Gasteiger partial charge in [0.2, 0.25) is 0 Å². The molecule has 2 heterocycles. The Labute approximate surface area is 111 Å². The van der Waals surface area contributed by atoms with Gasteiger partial charge in [-0.15, -0.1) is 0 Å². The first-order valence-corrected chi connectivity index (χ1v) is 6.70. The van der Waals surface area contributed by atoms with Crippen LogP contribution in [0.15, 0.2) is 24.4 Å². The van der Waals surface area contributed by atoms with Crippen LogP contribution < -0.4 is 5.32 Å². The lowest BCUT2D eigenvalue weighted by Gasteiger charge is -2.10. The molecule has 1 aliphatic rings. The topological polar surface area (TPSA) is 66.6 Å². The fraction of sp³-hybridized carbons (Fsp3) is 0.429. The van der Waals surface area contributed by atoms with Crippen molar-refractivity contribution in [3.63, 3.8) is 0 Å². The van der Waals surface area contributed by atoms with Gasteiger partial charge in [0, 0.05) is 12.7 Å². The van der Waals surface area contributed by atoms with Crippen molar-refractivity contribution in [2.24, 2.45) is 5.92 Å². The Kier molecular flexibility index (Phi) is 3.11. The molecule has 2 aromatic rings. The zero-order valence-electron chi connectivity index (χ0n) is 10.7. The van der Waals surface area contributed by atoms with Crippen LogP contribution in [0.2, 0.25) is 0 Å². The minimum atomic E-state index is -0.951. The summed E-state index contributed by atoms with van der Waals surface area (Å²) in [5.41, 5.74) is 0.877. The summed E-state index contributed by atoms with van der Waals surface area (Å²) in [5, 5.41) is 12.6. The maximum Gasteiger partial charge on any atom is 0.356 e. The van der Waals surface area contributed by atoms with Gasteiger partial charge < -0.3 is 10.4 Å². The van der Waals surface area contributed by atoms with Gasteiger partial charge in [-0.1, -0.05) is 18.9 Å². The van der Waals surface area contributed by atoms with Gasteiger partial charge in [-0.3, -0.25) is 4.40 Å². The normalized spacial score (nSPS) is 16.0. The molecule has 100 valence electrons. The Hall–Kier alpha value is -2.04. The molecule has 2 aromatic heterocycles. The van der Waals surface area contributed by atoms with Crippen LogP contribution >= 0.6 is 0 Å². The number of anilines is 1. The Balaban J connectivity index is 1.88. The highest BCUT2D eigenvalue weighted by molar-refractivity contribution is 5.92. The summed E-state index contributed by atoms with van der Waals surface area (Å²) in [6, 6.07) is 5.48. The van der Waals surface area contributed by atoms with Gasteiger partial charge in [0.25, 0.3) is 0 Å². The number of nitrogens with one attached hydrogen (secondary N) is 1. The number of rotatable bonds is 4. The second kappa shape index (κ2) is 4.91. The molecule has 2 N–H and O–H groups in total. The lowest BCUT2D eigenvalue weighted by atomic mass is 10.1. The first-order chi connectivity index (χ1) is 9.25. The highest BCUT2D eigenvalue weighted by Crippen LogP contribution is 2.25. The number of hydrogen-bond donors (Lipinski definition) is 2. The van der Waals surface area contributed by atoms with Gasteiger partial charge >= 0.3 is 5.97 Å². The predicted octanol–water partition coefficient (Wildman–Crippen LogP) is 2.63. The summed E-state index contributed by atoms with van der Waals surface area (Å²) in [6.07, 6.45) is 6.74. The summed E-state index contributed by atoms with van der Waals surface area (Å²) >= 11 is 0. The number of imidazole rings is 1. The van der Waals surface area contributed by atoms with Gasteiger partial charge in [-0.2, -0.15) is 0 Å². The maximum atomic E-state index is 11.4. The molecule has 3 rings (SSSR count). The number of hydrogen-bond acceptors (Lipinski definition) is 3. The van der Waals surface area contributed by atoms with E-state index >= 15 is 0 Å². The van der Waals surface area contributed by atoms with Gasteiger partial charge in [0.1, 0.15) is 5.65 Å². The van der Waals surface area contributed by atoms with Gasteiger partial charge in [-0.25, -0.2) is 9.78 Å². The first-order valence-electron chi connectivity index (χ1n) is 6.70. The second-order valence-corrected chi connectivity index (χ2v) is 5.07. The number of pyridine rings is 1. The summed E-state index contributed by atoms with van der Waals surface area (Å²) < 4.78 is 1.61. The molecule has 1 aliphatic carbocycles. The molecular formula is C14H17N3O2. The van der Waals surface area contributed by atoms with E-state index in [1.165, 1.54) is 25.7 Å².